The predicted molar refractivity (Wildman–Crippen MR) is 70.5 cm³/mol. The molecule has 0 bridgehead atoms. The minimum atomic E-state index is -0.620. The zero-order valence-electron chi connectivity index (χ0n) is 10.6. The molecule has 1 aromatic carbocycles. The summed E-state index contributed by atoms with van der Waals surface area (Å²) in [6.45, 7) is 1.90. The Morgan fingerprint density at radius 3 is 2.89 bits per heavy atom. The van der Waals surface area contributed by atoms with Crippen LogP contribution in [0.25, 0.3) is 0 Å². The molecule has 1 aliphatic carbocycles. The van der Waals surface area contributed by atoms with Gasteiger partial charge in [0.15, 0.2) is 0 Å². The summed E-state index contributed by atoms with van der Waals surface area (Å²) in [4.78, 5) is 11.9. The number of hydrogen-bond acceptors (Lipinski definition) is 3. The molecule has 4 nitrogen and oxygen atoms in total. The number of amides is 1. The highest BCUT2D eigenvalue weighted by atomic mass is 16.3. The van der Waals surface area contributed by atoms with E-state index in [2.05, 4.69) is 5.32 Å². The molecule has 0 saturated heterocycles. The van der Waals surface area contributed by atoms with Gasteiger partial charge in [-0.3, -0.25) is 4.79 Å². The van der Waals surface area contributed by atoms with Crippen LogP contribution in [0.15, 0.2) is 18.2 Å². The van der Waals surface area contributed by atoms with Crippen LogP contribution in [-0.2, 0) is 12.8 Å². The number of hydrogen-bond donors (Lipinski definition) is 3. The Balaban J connectivity index is 1.97. The first-order valence-corrected chi connectivity index (χ1v) is 6.41. The molecule has 4 N–H and O–H groups in total. The van der Waals surface area contributed by atoms with E-state index >= 15 is 0 Å². The molecule has 0 spiro atoms. The Morgan fingerprint density at radius 2 is 2.17 bits per heavy atom. The molecule has 2 rings (SSSR count). The van der Waals surface area contributed by atoms with Crippen LogP contribution in [0.4, 0.5) is 0 Å². The highest BCUT2D eigenvalue weighted by molar-refractivity contribution is 5.94. The van der Waals surface area contributed by atoms with E-state index in [1.54, 1.807) is 6.92 Å². The van der Waals surface area contributed by atoms with Crippen molar-refractivity contribution in [1.82, 2.24) is 5.32 Å². The van der Waals surface area contributed by atoms with Crippen LogP contribution in [0.2, 0.25) is 0 Å². The van der Waals surface area contributed by atoms with Gasteiger partial charge in [0, 0.05) is 18.2 Å². The molecule has 98 valence electrons. The van der Waals surface area contributed by atoms with Crippen LogP contribution in [0.5, 0.6) is 0 Å². The van der Waals surface area contributed by atoms with Crippen LogP contribution in [-0.4, -0.2) is 29.7 Å². The maximum absolute atomic E-state index is 11.9. The number of carbonyl (C=O) groups excluding carboxylic acids is 1. The summed E-state index contributed by atoms with van der Waals surface area (Å²) < 4.78 is 0. The van der Waals surface area contributed by atoms with Gasteiger partial charge < -0.3 is 16.2 Å². The zero-order valence-corrected chi connectivity index (χ0v) is 10.6. The predicted octanol–water partition coefficient (Wildman–Crippen LogP) is 0.613. The standard InChI is InChI=1S/C14H20N2O2/c1-9(17)13(15)8-16-14(18)12-6-5-10-3-2-4-11(10)7-12/h5-7,9,13,17H,2-4,8,15H2,1H3,(H,16,18). The Morgan fingerprint density at radius 1 is 1.44 bits per heavy atom. The maximum Gasteiger partial charge on any atom is 0.251 e. The molecule has 0 aromatic heterocycles. The minimum Gasteiger partial charge on any atom is -0.392 e. The van der Waals surface area contributed by atoms with Gasteiger partial charge in [0.1, 0.15) is 0 Å². The van der Waals surface area contributed by atoms with E-state index in [0.717, 1.165) is 12.8 Å². The summed E-state index contributed by atoms with van der Waals surface area (Å²) >= 11 is 0. The monoisotopic (exact) mass is 248 g/mol. The first kappa shape index (κ1) is 13.1. The fraction of sp³-hybridized carbons (Fsp3) is 0.500. The fourth-order valence-electron chi connectivity index (χ4n) is 2.20. The van der Waals surface area contributed by atoms with Gasteiger partial charge in [0.2, 0.25) is 0 Å². The molecule has 0 fully saturated rings. The van der Waals surface area contributed by atoms with Crippen molar-refractivity contribution in [1.29, 1.82) is 0 Å². The van der Waals surface area contributed by atoms with Crippen LogP contribution < -0.4 is 11.1 Å². The zero-order chi connectivity index (χ0) is 13.1. The van der Waals surface area contributed by atoms with Gasteiger partial charge in [-0.2, -0.15) is 0 Å². The van der Waals surface area contributed by atoms with Crippen molar-refractivity contribution in [2.45, 2.75) is 38.3 Å². The molecular formula is C14H20N2O2. The summed E-state index contributed by atoms with van der Waals surface area (Å²) in [6.07, 6.45) is 2.73. The van der Waals surface area contributed by atoms with Crippen LogP contribution in [0.1, 0.15) is 34.8 Å². The molecule has 1 amide bonds. The summed E-state index contributed by atoms with van der Waals surface area (Å²) in [5, 5.41) is 12.0. The van der Waals surface area contributed by atoms with E-state index in [-0.39, 0.29) is 12.5 Å². The molecule has 2 unspecified atom stereocenters. The second-order valence-electron chi connectivity index (χ2n) is 4.95. The molecule has 0 heterocycles. The second-order valence-corrected chi connectivity index (χ2v) is 4.95. The van der Waals surface area contributed by atoms with Gasteiger partial charge in [-0.05, 0) is 49.4 Å². The molecule has 0 saturated carbocycles. The summed E-state index contributed by atoms with van der Waals surface area (Å²) in [5.41, 5.74) is 8.98. The van der Waals surface area contributed by atoms with Crippen molar-refractivity contribution >= 4 is 5.91 Å². The summed E-state index contributed by atoms with van der Waals surface area (Å²) in [6, 6.07) is 5.42. The third-order valence-corrected chi connectivity index (χ3v) is 3.48. The molecule has 1 aliphatic rings. The quantitative estimate of drug-likeness (QED) is 0.731. The van der Waals surface area contributed by atoms with Crippen molar-refractivity contribution in [3.8, 4) is 0 Å². The van der Waals surface area contributed by atoms with Gasteiger partial charge in [0.25, 0.3) is 5.91 Å². The van der Waals surface area contributed by atoms with E-state index < -0.39 is 12.1 Å². The third kappa shape index (κ3) is 2.89. The van der Waals surface area contributed by atoms with Gasteiger partial charge >= 0.3 is 0 Å². The Labute approximate surface area is 107 Å². The molecule has 0 radical (unpaired) electrons. The number of benzene rings is 1. The molecule has 4 heteroatoms. The van der Waals surface area contributed by atoms with Crippen molar-refractivity contribution in [2.24, 2.45) is 5.73 Å². The fourth-order valence-corrected chi connectivity index (χ4v) is 2.20. The largest absolute Gasteiger partial charge is 0.392 e. The third-order valence-electron chi connectivity index (χ3n) is 3.48. The smallest absolute Gasteiger partial charge is 0.251 e. The van der Waals surface area contributed by atoms with Crippen molar-refractivity contribution in [3.63, 3.8) is 0 Å². The molecule has 1 aromatic rings. The minimum absolute atomic E-state index is 0.124. The van der Waals surface area contributed by atoms with Crippen LogP contribution in [0.3, 0.4) is 0 Å². The van der Waals surface area contributed by atoms with Gasteiger partial charge in [0.05, 0.1) is 6.10 Å². The molecule has 2 atom stereocenters. The van der Waals surface area contributed by atoms with Crippen LogP contribution >= 0.6 is 0 Å². The first-order chi connectivity index (χ1) is 8.58. The number of rotatable bonds is 4. The topological polar surface area (TPSA) is 75.3 Å². The Bertz CT molecular complexity index is 443. The lowest BCUT2D eigenvalue weighted by Gasteiger charge is -2.15. The number of nitrogens with two attached hydrogens (primary N) is 1. The van der Waals surface area contributed by atoms with Gasteiger partial charge in [-0.15, -0.1) is 0 Å². The highest BCUT2D eigenvalue weighted by Gasteiger charge is 2.15. The summed E-state index contributed by atoms with van der Waals surface area (Å²) in [7, 11) is 0. The van der Waals surface area contributed by atoms with Crippen molar-refractivity contribution < 1.29 is 9.90 Å². The number of aliphatic hydroxyl groups excluding tert-OH is 1. The highest BCUT2D eigenvalue weighted by Crippen LogP contribution is 2.22. The number of carbonyl (C=O) groups is 1. The van der Waals surface area contributed by atoms with E-state index in [0.29, 0.717) is 5.56 Å². The lowest BCUT2D eigenvalue weighted by atomic mass is 10.1. The second kappa shape index (κ2) is 5.50. The number of fused-ring (bicyclic) bond motifs is 1. The number of nitrogens with one attached hydrogen (secondary N) is 1. The average Bonchev–Trinajstić information content (AvgIpc) is 2.82. The SMILES string of the molecule is CC(O)C(N)CNC(=O)c1ccc2c(c1)CCC2. The van der Waals surface area contributed by atoms with E-state index in [1.807, 2.05) is 18.2 Å². The number of aliphatic hydroxyl groups is 1. The Kier molecular flexibility index (Phi) is 3.99. The lowest BCUT2D eigenvalue weighted by Crippen LogP contribution is -2.43. The van der Waals surface area contributed by atoms with Crippen LogP contribution in [0, 0.1) is 0 Å². The van der Waals surface area contributed by atoms with Crippen molar-refractivity contribution in [3.05, 3.63) is 34.9 Å². The molecule has 18 heavy (non-hydrogen) atoms. The Hall–Kier alpha value is -1.39. The average molecular weight is 248 g/mol. The molecule has 0 aliphatic heterocycles. The van der Waals surface area contributed by atoms with E-state index in [1.165, 1.54) is 17.5 Å². The van der Waals surface area contributed by atoms with Crippen molar-refractivity contribution in [2.75, 3.05) is 6.54 Å². The van der Waals surface area contributed by atoms with Gasteiger partial charge in [-0.25, -0.2) is 0 Å². The van der Waals surface area contributed by atoms with E-state index in [4.69, 9.17) is 5.73 Å². The number of aryl methyl sites for hydroxylation is 2. The summed E-state index contributed by atoms with van der Waals surface area (Å²) in [5.74, 6) is -0.124. The first-order valence-electron chi connectivity index (χ1n) is 6.41. The normalized spacial score (nSPS) is 17.1. The van der Waals surface area contributed by atoms with E-state index in [9.17, 15) is 9.90 Å². The van der Waals surface area contributed by atoms with Gasteiger partial charge in [-0.1, -0.05) is 6.07 Å². The lowest BCUT2D eigenvalue weighted by molar-refractivity contribution is 0.0937. The molecular weight excluding hydrogens is 228 g/mol. The maximum atomic E-state index is 11.9.